The first-order valence-electron chi connectivity index (χ1n) is 5.79. The van der Waals surface area contributed by atoms with Crippen molar-refractivity contribution in [2.24, 2.45) is 5.41 Å². The molecule has 0 fully saturated rings. The molecule has 0 aromatic heterocycles. The minimum Gasteiger partial charge on any atom is -0.466 e. The average Bonchev–Trinajstić information content (AvgIpc) is 2.37. The molecule has 1 N–H and O–H groups in total. The van der Waals surface area contributed by atoms with Crippen LogP contribution in [0, 0.1) is 41.9 Å². The van der Waals surface area contributed by atoms with E-state index in [1.165, 1.54) is 0 Å². The second-order valence-corrected chi connectivity index (χ2v) is 3.80. The molecule has 3 heteroatoms. The van der Waals surface area contributed by atoms with Crippen LogP contribution < -0.4 is 0 Å². The molecule has 0 bridgehead atoms. The maximum atomic E-state index is 11.9. The largest absolute Gasteiger partial charge is 0.466 e. The van der Waals surface area contributed by atoms with Crippen LogP contribution in [0.25, 0.3) is 0 Å². The molecule has 18 heavy (non-hydrogen) atoms. The van der Waals surface area contributed by atoms with Crippen molar-refractivity contribution in [3.63, 3.8) is 0 Å². The van der Waals surface area contributed by atoms with Crippen LogP contribution in [0.3, 0.4) is 0 Å². The second-order valence-electron chi connectivity index (χ2n) is 3.80. The molecule has 0 spiro atoms. The van der Waals surface area contributed by atoms with Gasteiger partial charge in [0.25, 0.3) is 0 Å². The highest BCUT2D eigenvalue weighted by Gasteiger charge is 2.36. The number of ether oxygens (including phenoxy) is 1. The van der Waals surface area contributed by atoms with Gasteiger partial charge in [0, 0.05) is 12.8 Å². The zero-order valence-electron chi connectivity index (χ0n) is 10.8. The maximum Gasteiger partial charge on any atom is 0.313 e. The van der Waals surface area contributed by atoms with Crippen molar-refractivity contribution < 1.29 is 14.6 Å². The normalized spacial score (nSPS) is 14.1. The molecular formula is C15H18O3. The molecule has 0 aliphatic heterocycles. The molecule has 0 aromatic rings. The third-order valence-corrected chi connectivity index (χ3v) is 2.65. The highest BCUT2D eigenvalue weighted by molar-refractivity contribution is 5.77. The fraction of sp³-hybridized carbons (Fsp3) is 0.533. The SMILES string of the molecule is C#CCC(CC)(CC#CC(O)C#C)C(=O)OCC. The number of carbonyl (C=O) groups excluding carboxylic acids is 1. The minimum absolute atomic E-state index is 0.227. The van der Waals surface area contributed by atoms with E-state index in [9.17, 15) is 4.79 Å². The quantitative estimate of drug-likeness (QED) is 0.588. The Kier molecular flexibility index (Phi) is 7.37. The lowest BCUT2D eigenvalue weighted by atomic mass is 9.79. The van der Waals surface area contributed by atoms with Crippen molar-refractivity contribution in [3.05, 3.63) is 0 Å². The summed E-state index contributed by atoms with van der Waals surface area (Å²) >= 11 is 0. The van der Waals surface area contributed by atoms with Gasteiger partial charge < -0.3 is 9.84 Å². The molecule has 0 aliphatic carbocycles. The molecule has 0 saturated heterocycles. The lowest BCUT2D eigenvalue weighted by Crippen LogP contribution is -2.32. The molecule has 2 unspecified atom stereocenters. The summed E-state index contributed by atoms with van der Waals surface area (Å²) in [4.78, 5) is 11.9. The lowest BCUT2D eigenvalue weighted by Gasteiger charge is -2.26. The van der Waals surface area contributed by atoms with E-state index < -0.39 is 11.5 Å². The number of aliphatic hydroxyl groups excluding tert-OH is 1. The van der Waals surface area contributed by atoms with E-state index in [0.717, 1.165) is 0 Å². The minimum atomic E-state index is -1.12. The van der Waals surface area contributed by atoms with Gasteiger partial charge in [0.15, 0.2) is 6.10 Å². The molecule has 96 valence electrons. The van der Waals surface area contributed by atoms with Crippen molar-refractivity contribution in [1.82, 2.24) is 0 Å². The first-order chi connectivity index (χ1) is 8.56. The molecule has 2 atom stereocenters. The molecule has 0 aromatic carbocycles. The molecule has 0 heterocycles. The first-order valence-corrected chi connectivity index (χ1v) is 5.79. The number of terminal acetylenes is 2. The van der Waals surface area contributed by atoms with E-state index in [1.807, 2.05) is 6.92 Å². The van der Waals surface area contributed by atoms with Crippen LogP contribution in [0.5, 0.6) is 0 Å². The highest BCUT2D eigenvalue weighted by atomic mass is 16.5. The Morgan fingerprint density at radius 3 is 2.50 bits per heavy atom. The fourth-order valence-corrected chi connectivity index (χ4v) is 1.44. The summed E-state index contributed by atoms with van der Waals surface area (Å²) in [5, 5.41) is 9.13. The molecule has 0 radical (unpaired) electrons. The molecule has 0 aliphatic rings. The van der Waals surface area contributed by atoms with Crippen LogP contribution in [0.15, 0.2) is 0 Å². The number of hydrogen-bond acceptors (Lipinski definition) is 3. The van der Waals surface area contributed by atoms with E-state index >= 15 is 0 Å². The van der Waals surface area contributed by atoms with Gasteiger partial charge in [-0.25, -0.2) is 0 Å². The second kappa shape index (κ2) is 8.24. The Morgan fingerprint density at radius 1 is 1.39 bits per heavy atom. The van der Waals surface area contributed by atoms with Gasteiger partial charge in [-0.05, 0) is 13.3 Å². The third kappa shape index (κ3) is 4.54. The molecule has 3 nitrogen and oxygen atoms in total. The van der Waals surface area contributed by atoms with Gasteiger partial charge in [-0.1, -0.05) is 24.7 Å². The first kappa shape index (κ1) is 16.1. The zero-order valence-corrected chi connectivity index (χ0v) is 10.8. The Labute approximate surface area is 109 Å². The molecule has 0 rings (SSSR count). The number of hydrogen-bond donors (Lipinski definition) is 1. The predicted molar refractivity (Wildman–Crippen MR) is 70.0 cm³/mol. The maximum absolute atomic E-state index is 11.9. The number of esters is 1. The zero-order chi connectivity index (χ0) is 14.0. The summed E-state index contributed by atoms with van der Waals surface area (Å²) in [6, 6.07) is 0. The monoisotopic (exact) mass is 246 g/mol. The van der Waals surface area contributed by atoms with Gasteiger partial charge >= 0.3 is 5.97 Å². The summed E-state index contributed by atoms with van der Waals surface area (Å²) in [6.07, 6.45) is 10.2. The summed E-state index contributed by atoms with van der Waals surface area (Å²) in [5.74, 6) is 9.39. The standard InChI is InChI=1S/C15H18O3/c1-5-11-15(7-3,14(17)18-8-4)12-9-10-13(16)6-2/h1-2,13,16H,7-8,11-12H2,3-4H3. The molecular weight excluding hydrogens is 228 g/mol. The highest BCUT2D eigenvalue weighted by Crippen LogP contribution is 2.31. The number of rotatable bonds is 5. The van der Waals surface area contributed by atoms with Crippen molar-refractivity contribution in [1.29, 1.82) is 0 Å². The Morgan fingerprint density at radius 2 is 2.06 bits per heavy atom. The van der Waals surface area contributed by atoms with Gasteiger partial charge in [-0.3, -0.25) is 4.79 Å². The van der Waals surface area contributed by atoms with E-state index in [-0.39, 0.29) is 18.8 Å². The van der Waals surface area contributed by atoms with E-state index in [0.29, 0.717) is 13.0 Å². The lowest BCUT2D eigenvalue weighted by molar-refractivity contribution is -0.155. The van der Waals surface area contributed by atoms with E-state index in [4.69, 9.17) is 22.7 Å². The Bertz CT molecular complexity index is 414. The summed E-state index contributed by atoms with van der Waals surface area (Å²) < 4.78 is 5.03. The summed E-state index contributed by atoms with van der Waals surface area (Å²) in [6.45, 7) is 3.89. The Balaban J connectivity index is 4.98. The predicted octanol–water partition coefficient (Wildman–Crippen LogP) is 1.36. The van der Waals surface area contributed by atoms with Crippen LogP contribution in [0.4, 0.5) is 0 Å². The van der Waals surface area contributed by atoms with Gasteiger partial charge in [0.1, 0.15) is 0 Å². The van der Waals surface area contributed by atoms with Gasteiger partial charge in [0.05, 0.1) is 12.0 Å². The average molecular weight is 246 g/mol. The van der Waals surface area contributed by atoms with E-state index in [1.54, 1.807) is 6.92 Å². The van der Waals surface area contributed by atoms with Crippen LogP contribution in [-0.4, -0.2) is 23.8 Å². The van der Waals surface area contributed by atoms with Crippen LogP contribution >= 0.6 is 0 Å². The smallest absolute Gasteiger partial charge is 0.313 e. The Hall–Kier alpha value is -1.89. The number of aliphatic hydroxyl groups is 1. The van der Waals surface area contributed by atoms with Crippen LogP contribution in [-0.2, 0) is 9.53 Å². The van der Waals surface area contributed by atoms with Gasteiger partial charge in [0.2, 0.25) is 0 Å². The topological polar surface area (TPSA) is 46.5 Å². The van der Waals surface area contributed by atoms with Crippen molar-refractivity contribution in [2.75, 3.05) is 6.61 Å². The summed E-state index contributed by atoms with van der Waals surface area (Å²) in [5.41, 5.74) is -0.813. The summed E-state index contributed by atoms with van der Waals surface area (Å²) in [7, 11) is 0. The molecule has 0 saturated carbocycles. The van der Waals surface area contributed by atoms with Gasteiger partial charge in [-0.2, -0.15) is 0 Å². The van der Waals surface area contributed by atoms with Crippen molar-refractivity contribution in [2.45, 2.75) is 39.2 Å². The van der Waals surface area contributed by atoms with Crippen molar-refractivity contribution in [3.8, 4) is 36.5 Å². The van der Waals surface area contributed by atoms with Gasteiger partial charge in [-0.15, -0.1) is 18.8 Å². The van der Waals surface area contributed by atoms with E-state index in [2.05, 4.69) is 23.7 Å². The number of carbonyl (C=O) groups is 1. The molecule has 0 amide bonds. The fourth-order valence-electron chi connectivity index (χ4n) is 1.44. The third-order valence-electron chi connectivity index (χ3n) is 2.65. The van der Waals surface area contributed by atoms with Crippen molar-refractivity contribution >= 4 is 5.97 Å². The van der Waals surface area contributed by atoms with Crippen LogP contribution in [0.1, 0.15) is 33.1 Å². The van der Waals surface area contributed by atoms with Crippen LogP contribution in [0.2, 0.25) is 0 Å².